The van der Waals surface area contributed by atoms with Gasteiger partial charge in [-0.1, -0.05) is 18.9 Å². The molecule has 0 spiro atoms. The van der Waals surface area contributed by atoms with E-state index < -0.39 is 0 Å². The molecule has 3 atom stereocenters. The van der Waals surface area contributed by atoms with Gasteiger partial charge in [0, 0.05) is 6.04 Å². The van der Waals surface area contributed by atoms with Crippen LogP contribution in [0.25, 0.3) is 11.1 Å². The minimum absolute atomic E-state index is 0.251. The minimum atomic E-state index is 0.251. The van der Waals surface area contributed by atoms with Gasteiger partial charge in [-0.3, -0.25) is 0 Å². The van der Waals surface area contributed by atoms with E-state index in [0.29, 0.717) is 6.04 Å². The molecule has 0 radical (unpaired) electrons. The molecule has 1 aliphatic heterocycles. The third-order valence-electron chi connectivity index (χ3n) is 5.07. The van der Waals surface area contributed by atoms with Crippen LogP contribution in [0.4, 0.5) is 0 Å². The van der Waals surface area contributed by atoms with Crippen LogP contribution < -0.4 is 10.1 Å². The Kier molecular flexibility index (Phi) is 3.34. The van der Waals surface area contributed by atoms with E-state index in [4.69, 9.17) is 14.1 Å². The molecular formula is C17H22N2O2. The van der Waals surface area contributed by atoms with Crippen molar-refractivity contribution in [2.24, 2.45) is 5.92 Å². The van der Waals surface area contributed by atoms with Gasteiger partial charge in [-0.2, -0.15) is 0 Å². The first-order valence-electron chi connectivity index (χ1n) is 8.04. The molecule has 1 N–H and O–H groups in total. The average molecular weight is 286 g/mol. The number of para-hydroxylation sites is 1. The Morgan fingerprint density at radius 1 is 1.19 bits per heavy atom. The van der Waals surface area contributed by atoms with Crippen molar-refractivity contribution in [1.29, 1.82) is 0 Å². The maximum atomic E-state index is 5.98. The number of nitrogens with one attached hydrogen (secondary N) is 1. The monoisotopic (exact) mass is 286 g/mol. The molecule has 2 aromatic rings. The smallest absolute Gasteiger partial charge is 0.212 e. The minimum Gasteiger partial charge on any atom is -0.494 e. The summed E-state index contributed by atoms with van der Waals surface area (Å²) in [6, 6.07) is 6.73. The Labute approximate surface area is 124 Å². The number of fused-ring (bicyclic) bond motifs is 2. The van der Waals surface area contributed by atoms with Gasteiger partial charge >= 0.3 is 0 Å². The predicted octanol–water partition coefficient (Wildman–Crippen LogP) is 3.82. The lowest BCUT2D eigenvalue weighted by molar-refractivity contribution is 0.164. The zero-order valence-electron chi connectivity index (χ0n) is 12.5. The fourth-order valence-corrected chi connectivity index (χ4v) is 3.94. The van der Waals surface area contributed by atoms with Gasteiger partial charge < -0.3 is 14.5 Å². The number of hydrogen-bond donors (Lipinski definition) is 1. The largest absolute Gasteiger partial charge is 0.494 e. The molecular weight excluding hydrogens is 264 g/mol. The highest BCUT2D eigenvalue weighted by molar-refractivity contribution is 5.79. The van der Waals surface area contributed by atoms with Crippen molar-refractivity contribution in [2.75, 3.05) is 7.11 Å². The summed E-state index contributed by atoms with van der Waals surface area (Å²) >= 11 is 0. The van der Waals surface area contributed by atoms with Crippen LogP contribution in [-0.4, -0.2) is 18.1 Å². The third-order valence-corrected chi connectivity index (χ3v) is 5.07. The molecule has 2 fully saturated rings. The van der Waals surface area contributed by atoms with Crippen LogP contribution in [0.3, 0.4) is 0 Å². The van der Waals surface area contributed by atoms with Gasteiger partial charge in [0.1, 0.15) is 5.75 Å². The maximum Gasteiger partial charge on any atom is 0.212 e. The van der Waals surface area contributed by atoms with Gasteiger partial charge in [0.05, 0.1) is 13.2 Å². The number of hydrogen-bond acceptors (Lipinski definition) is 4. The Morgan fingerprint density at radius 2 is 2.10 bits per heavy atom. The van der Waals surface area contributed by atoms with Crippen molar-refractivity contribution in [2.45, 2.75) is 50.6 Å². The van der Waals surface area contributed by atoms with E-state index >= 15 is 0 Å². The lowest BCUT2D eigenvalue weighted by Gasteiger charge is -2.39. The summed E-state index contributed by atoms with van der Waals surface area (Å²) in [5, 5.41) is 3.77. The molecule has 4 heteroatoms. The SMILES string of the molecule is COc1cccc2oc(C3CCC4CCCCC4N3)nc12. The van der Waals surface area contributed by atoms with Crippen molar-refractivity contribution in [3.63, 3.8) is 0 Å². The van der Waals surface area contributed by atoms with Crippen molar-refractivity contribution in [3.8, 4) is 5.75 Å². The highest BCUT2D eigenvalue weighted by Crippen LogP contribution is 2.37. The molecule has 3 unspecified atom stereocenters. The summed E-state index contributed by atoms with van der Waals surface area (Å²) in [6.07, 6.45) is 7.83. The topological polar surface area (TPSA) is 47.3 Å². The second-order valence-electron chi connectivity index (χ2n) is 6.31. The molecule has 2 heterocycles. The summed E-state index contributed by atoms with van der Waals surface area (Å²) in [6.45, 7) is 0. The number of methoxy groups -OCH3 is 1. The van der Waals surface area contributed by atoms with Gasteiger partial charge in [0.25, 0.3) is 0 Å². The maximum absolute atomic E-state index is 5.98. The van der Waals surface area contributed by atoms with Crippen LogP contribution >= 0.6 is 0 Å². The normalized spacial score (nSPS) is 29.3. The van der Waals surface area contributed by atoms with Crippen LogP contribution in [0, 0.1) is 5.92 Å². The molecule has 4 rings (SSSR count). The lowest BCUT2D eigenvalue weighted by Crippen LogP contribution is -2.44. The quantitative estimate of drug-likeness (QED) is 0.911. The van der Waals surface area contributed by atoms with Crippen LogP contribution in [0.1, 0.15) is 50.5 Å². The van der Waals surface area contributed by atoms with Gasteiger partial charge in [0.2, 0.25) is 5.89 Å². The third kappa shape index (κ3) is 2.31. The molecule has 0 bridgehead atoms. The first kappa shape index (κ1) is 13.1. The number of benzene rings is 1. The molecule has 1 aliphatic carbocycles. The zero-order chi connectivity index (χ0) is 14.2. The van der Waals surface area contributed by atoms with E-state index in [1.165, 1.54) is 32.1 Å². The molecule has 4 nitrogen and oxygen atoms in total. The molecule has 21 heavy (non-hydrogen) atoms. The van der Waals surface area contributed by atoms with Gasteiger partial charge in [-0.05, 0) is 43.7 Å². The second kappa shape index (κ2) is 5.34. The van der Waals surface area contributed by atoms with Crippen molar-refractivity contribution >= 4 is 11.1 Å². The Hall–Kier alpha value is -1.55. The summed E-state index contributed by atoms with van der Waals surface area (Å²) in [5.74, 6) is 2.46. The fourth-order valence-electron chi connectivity index (χ4n) is 3.94. The Morgan fingerprint density at radius 3 is 3.00 bits per heavy atom. The number of piperidine rings is 1. The second-order valence-corrected chi connectivity index (χ2v) is 6.31. The van der Waals surface area contributed by atoms with E-state index in [1.54, 1.807) is 7.11 Å². The van der Waals surface area contributed by atoms with Gasteiger partial charge in [-0.15, -0.1) is 0 Å². The molecule has 112 valence electrons. The Balaban J connectivity index is 1.61. The number of nitrogens with zero attached hydrogens (tertiary/aromatic N) is 1. The molecule has 0 amide bonds. The highest BCUT2D eigenvalue weighted by Gasteiger charge is 2.34. The summed E-state index contributed by atoms with van der Waals surface area (Å²) in [4.78, 5) is 4.69. The van der Waals surface area contributed by atoms with Crippen LogP contribution in [0.5, 0.6) is 5.75 Å². The zero-order valence-corrected chi connectivity index (χ0v) is 12.5. The number of aromatic nitrogens is 1. The average Bonchev–Trinajstić information content (AvgIpc) is 2.98. The van der Waals surface area contributed by atoms with E-state index in [0.717, 1.165) is 35.1 Å². The van der Waals surface area contributed by atoms with E-state index in [-0.39, 0.29) is 6.04 Å². The van der Waals surface area contributed by atoms with Crippen molar-refractivity contribution < 1.29 is 9.15 Å². The van der Waals surface area contributed by atoms with E-state index in [2.05, 4.69) is 5.32 Å². The van der Waals surface area contributed by atoms with Crippen molar-refractivity contribution in [3.05, 3.63) is 24.1 Å². The molecule has 1 aromatic carbocycles. The predicted molar refractivity (Wildman–Crippen MR) is 81.4 cm³/mol. The van der Waals surface area contributed by atoms with Crippen LogP contribution in [0.2, 0.25) is 0 Å². The number of oxazole rings is 1. The summed E-state index contributed by atoms with van der Waals surface area (Å²) < 4.78 is 11.3. The van der Waals surface area contributed by atoms with Gasteiger partial charge in [0.15, 0.2) is 11.1 Å². The molecule has 1 saturated carbocycles. The first-order valence-corrected chi connectivity index (χ1v) is 8.04. The van der Waals surface area contributed by atoms with E-state index in [1.807, 2.05) is 18.2 Å². The number of ether oxygens (including phenoxy) is 1. The van der Waals surface area contributed by atoms with Crippen LogP contribution in [0.15, 0.2) is 22.6 Å². The number of rotatable bonds is 2. The Bertz CT molecular complexity index is 637. The molecule has 1 aromatic heterocycles. The summed E-state index contributed by atoms with van der Waals surface area (Å²) in [5.41, 5.74) is 1.65. The fraction of sp³-hybridized carbons (Fsp3) is 0.588. The lowest BCUT2D eigenvalue weighted by atomic mass is 9.78. The molecule has 1 saturated heterocycles. The van der Waals surface area contributed by atoms with E-state index in [9.17, 15) is 0 Å². The van der Waals surface area contributed by atoms with Gasteiger partial charge in [-0.25, -0.2) is 4.98 Å². The van der Waals surface area contributed by atoms with Crippen molar-refractivity contribution in [1.82, 2.24) is 10.3 Å². The highest BCUT2D eigenvalue weighted by atomic mass is 16.5. The van der Waals surface area contributed by atoms with Crippen LogP contribution in [-0.2, 0) is 0 Å². The standard InChI is InChI=1S/C17H22N2O2/c1-20-14-7-4-8-15-16(14)19-17(21-15)13-10-9-11-5-2-3-6-12(11)18-13/h4,7-8,11-13,18H,2-3,5-6,9-10H2,1H3. The molecule has 2 aliphatic rings. The summed E-state index contributed by atoms with van der Waals surface area (Å²) in [7, 11) is 1.68. The first-order chi connectivity index (χ1) is 10.3.